The van der Waals surface area contributed by atoms with E-state index in [1.807, 2.05) is 6.92 Å². The number of benzene rings is 1. The third-order valence-electron chi connectivity index (χ3n) is 4.97. The second-order valence-corrected chi connectivity index (χ2v) is 7.54. The first-order valence-electron chi connectivity index (χ1n) is 9.83. The van der Waals surface area contributed by atoms with Gasteiger partial charge in [0.15, 0.2) is 11.6 Å². The lowest BCUT2D eigenvalue weighted by Gasteiger charge is -2.15. The molecule has 3 aromatic heterocycles. The van der Waals surface area contributed by atoms with Gasteiger partial charge in [-0.05, 0) is 35.9 Å². The zero-order chi connectivity index (χ0) is 22.8. The summed E-state index contributed by atoms with van der Waals surface area (Å²) in [5.41, 5.74) is 1.52. The number of carbonyl (C=O) groups is 1. The van der Waals surface area contributed by atoms with Gasteiger partial charge in [-0.15, -0.1) is 5.10 Å². The summed E-state index contributed by atoms with van der Waals surface area (Å²) in [5.74, 6) is 0.341. The number of ether oxygens (including phenoxy) is 1. The minimum absolute atomic E-state index is 0.0326. The van der Waals surface area contributed by atoms with E-state index in [2.05, 4.69) is 25.6 Å². The molecule has 0 radical (unpaired) electrons. The van der Waals surface area contributed by atoms with Crippen molar-refractivity contribution in [2.45, 2.75) is 33.3 Å². The fraction of sp³-hybridized carbons (Fsp3) is 0.238. The predicted molar refractivity (Wildman–Crippen MR) is 116 cm³/mol. The maximum absolute atomic E-state index is 12.9. The van der Waals surface area contributed by atoms with Crippen molar-refractivity contribution >= 4 is 23.0 Å². The smallest absolute Gasteiger partial charge is 0.269 e. The Morgan fingerprint density at radius 3 is 2.84 bits per heavy atom. The second-order valence-electron chi connectivity index (χ2n) is 7.13. The number of Topliss-reactive ketones (excluding diaryl/α,β-unsaturated/α-hetero) is 1. The number of aromatic hydroxyl groups is 1. The molecule has 0 aliphatic rings. The van der Waals surface area contributed by atoms with Gasteiger partial charge in [-0.1, -0.05) is 24.9 Å². The number of rotatable bonds is 7. The lowest BCUT2D eigenvalue weighted by Crippen LogP contribution is -2.18. The van der Waals surface area contributed by atoms with Gasteiger partial charge in [0.2, 0.25) is 0 Å². The molecule has 32 heavy (non-hydrogen) atoms. The molecule has 0 amide bonds. The van der Waals surface area contributed by atoms with E-state index in [-0.39, 0.29) is 40.7 Å². The lowest BCUT2D eigenvalue weighted by atomic mass is 10.0. The van der Waals surface area contributed by atoms with Crippen LogP contribution in [0.4, 0.5) is 0 Å². The van der Waals surface area contributed by atoms with Crippen molar-refractivity contribution in [2.75, 3.05) is 0 Å². The van der Waals surface area contributed by atoms with Gasteiger partial charge in [0, 0.05) is 29.6 Å². The molecule has 4 aromatic rings. The Balaban J connectivity index is 1.70. The van der Waals surface area contributed by atoms with Crippen molar-refractivity contribution < 1.29 is 14.6 Å². The fourth-order valence-electron chi connectivity index (χ4n) is 3.36. The number of aromatic amines is 1. The van der Waals surface area contributed by atoms with Crippen LogP contribution in [0.25, 0.3) is 17.0 Å². The molecule has 2 N–H and O–H groups in total. The molecule has 0 aliphatic carbocycles. The standard InChI is InChI=1S/C21H19ClN6O4/c1-3-4-14-17(6-5-13(11(2)29)19(14)30)32-10-12-9-28-18(7-16(12)22)23-8-15(21(28)31)20-24-26-27-25-20/h5-9,30H,3-4,10H2,1-2H3,(H,24,25,26,27). The van der Waals surface area contributed by atoms with Crippen LogP contribution in [0.15, 0.2) is 35.4 Å². The topological polar surface area (TPSA) is 135 Å². The summed E-state index contributed by atoms with van der Waals surface area (Å²) in [6.07, 6.45) is 4.21. The average Bonchev–Trinajstić information content (AvgIpc) is 3.29. The van der Waals surface area contributed by atoms with Crippen molar-refractivity contribution in [1.29, 1.82) is 0 Å². The number of phenolic OH excluding ortho intramolecular Hbond substituents is 1. The number of fused-ring (bicyclic) bond motifs is 1. The van der Waals surface area contributed by atoms with Crippen molar-refractivity contribution in [3.8, 4) is 22.9 Å². The minimum Gasteiger partial charge on any atom is -0.507 e. The molecule has 0 spiro atoms. The van der Waals surface area contributed by atoms with Gasteiger partial charge in [-0.2, -0.15) is 0 Å². The highest BCUT2D eigenvalue weighted by atomic mass is 35.5. The van der Waals surface area contributed by atoms with Gasteiger partial charge in [0.05, 0.1) is 10.6 Å². The summed E-state index contributed by atoms with van der Waals surface area (Å²) >= 11 is 6.39. The molecule has 0 unspecified atom stereocenters. The maximum atomic E-state index is 12.9. The van der Waals surface area contributed by atoms with Crippen molar-refractivity contribution in [1.82, 2.24) is 30.0 Å². The normalized spacial score (nSPS) is 11.1. The number of halogens is 1. The van der Waals surface area contributed by atoms with Gasteiger partial charge in [0.25, 0.3) is 5.56 Å². The Morgan fingerprint density at radius 1 is 1.34 bits per heavy atom. The number of aromatic nitrogens is 6. The molecule has 164 valence electrons. The van der Waals surface area contributed by atoms with E-state index in [1.54, 1.807) is 18.3 Å². The molecule has 11 heteroatoms. The number of pyridine rings is 1. The van der Waals surface area contributed by atoms with Crippen LogP contribution in [-0.4, -0.2) is 40.9 Å². The molecule has 3 heterocycles. The second kappa shape index (κ2) is 8.75. The Kier molecular flexibility index (Phi) is 5.87. The first-order chi connectivity index (χ1) is 15.4. The van der Waals surface area contributed by atoms with E-state index < -0.39 is 0 Å². The molecule has 0 saturated heterocycles. The van der Waals surface area contributed by atoms with Crippen molar-refractivity contribution in [3.05, 3.63) is 62.7 Å². The molecule has 0 fully saturated rings. The van der Waals surface area contributed by atoms with E-state index in [0.717, 1.165) is 6.42 Å². The highest BCUT2D eigenvalue weighted by Gasteiger charge is 2.17. The molecular formula is C21H19ClN6O4. The van der Waals surface area contributed by atoms with Crippen molar-refractivity contribution in [2.24, 2.45) is 0 Å². The summed E-state index contributed by atoms with van der Waals surface area (Å²) < 4.78 is 7.27. The van der Waals surface area contributed by atoms with Crippen LogP contribution in [0, 0.1) is 0 Å². The summed E-state index contributed by atoms with van der Waals surface area (Å²) in [7, 11) is 0. The maximum Gasteiger partial charge on any atom is 0.269 e. The van der Waals surface area contributed by atoms with Gasteiger partial charge < -0.3 is 9.84 Å². The number of hydrogen-bond donors (Lipinski definition) is 2. The number of hydrogen-bond acceptors (Lipinski definition) is 8. The summed E-state index contributed by atoms with van der Waals surface area (Å²) in [5, 5.41) is 24.2. The minimum atomic E-state index is -0.374. The summed E-state index contributed by atoms with van der Waals surface area (Å²) in [6, 6.07) is 4.74. The largest absolute Gasteiger partial charge is 0.507 e. The van der Waals surface area contributed by atoms with Crippen LogP contribution in [-0.2, 0) is 13.0 Å². The Labute approximate surface area is 186 Å². The van der Waals surface area contributed by atoms with Gasteiger partial charge in [-0.25, -0.2) is 10.1 Å². The predicted octanol–water partition coefficient (Wildman–Crippen LogP) is 2.97. The average molecular weight is 455 g/mol. The van der Waals surface area contributed by atoms with E-state index in [9.17, 15) is 14.7 Å². The number of H-pyrrole nitrogens is 1. The third-order valence-corrected chi connectivity index (χ3v) is 5.32. The van der Waals surface area contributed by atoms with Gasteiger partial charge in [-0.3, -0.25) is 14.0 Å². The van der Waals surface area contributed by atoms with Crippen LogP contribution in [0.1, 0.15) is 41.8 Å². The van der Waals surface area contributed by atoms with Crippen molar-refractivity contribution in [3.63, 3.8) is 0 Å². The van der Waals surface area contributed by atoms with Crippen LogP contribution in [0.5, 0.6) is 11.5 Å². The molecule has 1 aromatic carbocycles. The third kappa shape index (κ3) is 3.92. The van der Waals surface area contributed by atoms with Crippen LogP contribution >= 0.6 is 11.6 Å². The number of ketones is 1. The highest BCUT2D eigenvalue weighted by molar-refractivity contribution is 6.31. The van der Waals surface area contributed by atoms with E-state index in [1.165, 1.54) is 23.6 Å². The monoisotopic (exact) mass is 454 g/mol. The Bertz CT molecular complexity index is 1370. The highest BCUT2D eigenvalue weighted by Crippen LogP contribution is 2.33. The summed E-state index contributed by atoms with van der Waals surface area (Å²) in [4.78, 5) is 28.9. The molecule has 0 bridgehead atoms. The summed E-state index contributed by atoms with van der Waals surface area (Å²) in [6.45, 7) is 3.39. The van der Waals surface area contributed by atoms with Gasteiger partial charge in [0.1, 0.15) is 29.3 Å². The molecule has 4 rings (SSSR count). The first kappa shape index (κ1) is 21.4. The van der Waals surface area contributed by atoms with Crippen LogP contribution in [0.2, 0.25) is 5.02 Å². The molecule has 0 saturated carbocycles. The number of nitrogens with one attached hydrogen (secondary N) is 1. The Morgan fingerprint density at radius 2 is 2.16 bits per heavy atom. The van der Waals surface area contributed by atoms with E-state index in [0.29, 0.717) is 34.0 Å². The number of tetrazole rings is 1. The van der Waals surface area contributed by atoms with Crippen LogP contribution < -0.4 is 10.3 Å². The SMILES string of the molecule is CCCc1c(OCc2cn3c(=O)c(-c4nnn[nH]4)cnc3cc2Cl)ccc(C(C)=O)c1O. The number of carbonyl (C=O) groups excluding carboxylic acids is 1. The fourth-order valence-corrected chi connectivity index (χ4v) is 3.56. The zero-order valence-electron chi connectivity index (χ0n) is 17.3. The van der Waals surface area contributed by atoms with Crippen LogP contribution in [0.3, 0.4) is 0 Å². The lowest BCUT2D eigenvalue weighted by molar-refractivity contribution is 0.101. The zero-order valence-corrected chi connectivity index (χ0v) is 18.0. The molecular weight excluding hydrogens is 436 g/mol. The van der Waals surface area contributed by atoms with E-state index in [4.69, 9.17) is 16.3 Å². The quantitative estimate of drug-likeness (QED) is 0.407. The number of nitrogens with zero attached hydrogens (tertiary/aromatic N) is 5. The van der Waals surface area contributed by atoms with E-state index >= 15 is 0 Å². The molecule has 0 aliphatic heterocycles. The molecule has 0 atom stereocenters. The van der Waals surface area contributed by atoms with Gasteiger partial charge >= 0.3 is 0 Å². The molecule has 10 nitrogen and oxygen atoms in total. The Hall–Kier alpha value is -3.79. The number of phenols is 1. The first-order valence-corrected chi connectivity index (χ1v) is 10.2.